The highest BCUT2D eigenvalue weighted by Gasteiger charge is 2.11. The van der Waals surface area contributed by atoms with Crippen molar-refractivity contribution >= 4 is 21.2 Å². The Morgan fingerprint density at radius 3 is 2.87 bits per heavy atom. The van der Waals surface area contributed by atoms with Crippen LogP contribution in [0.15, 0.2) is 11.7 Å². The van der Waals surface area contributed by atoms with Crippen molar-refractivity contribution in [1.82, 2.24) is 4.98 Å². The molecule has 1 rings (SSSR count). The molecule has 86 valence electrons. The Kier molecular flexibility index (Phi) is 4.69. The molecule has 1 atom stereocenters. The molecule has 0 aliphatic rings. The number of aromatic nitrogens is 1. The number of nitrogens with zero attached hydrogens (tertiary/aromatic N) is 1. The van der Waals surface area contributed by atoms with Crippen LogP contribution in [0.4, 0.5) is 0 Å². The van der Waals surface area contributed by atoms with Gasteiger partial charge in [-0.1, -0.05) is 6.92 Å². The van der Waals surface area contributed by atoms with E-state index in [1.807, 2.05) is 0 Å². The highest BCUT2D eigenvalue weighted by molar-refractivity contribution is 7.91. The van der Waals surface area contributed by atoms with Crippen LogP contribution < -0.4 is 5.73 Å². The Hall–Kier alpha value is -0.460. The minimum absolute atomic E-state index is 0.0791. The Morgan fingerprint density at radius 2 is 2.33 bits per heavy atom. The van der Waals surface area contributed by atoms with Crippen molar-refractivity contribution in [3.63, 3.8) is 0 Å². The largest absolute Gasteiger partial charge is 0.323 e. The molecule has 1 aromatic rings. The Bertz CT molecular complexity index is 373. The van der Waals surface area contributed by atoms with E-state index in [4.69, 9.17) is 5.73 Å². The van der Waals surface area contributed by atoms with Crippen LogP contribution in [-0.4, -0.2) is 24.9 Å². The zero-order valence-corrected chi connectivity index (χ0v) is 10.4. The third-order valence-corrected chi connectivity index (χ3v) is 4.92. The summed E-state index contributed by atoms with van der Waals surface area (Å²) in [6, 6.07) is -0.0791. The lowest BCUT2D eigenvalue weighted by Crippen LogP contribution is -2.13. The number of hydrogen-bond donors (Lipinski definition) is 1. The number of rotatable bonds is 6. The lowest BCUT2D eigenvalue weighted by atomic mass is 10.1. The van der Waals surface area contributed by atoms with Gasteiger partial charge in [-0.05, 0) is 12.8 Å². The average molecular weight is 248 g/mol. The van der Waals surface area contributed by atoms with Gasteiger partial charge >= 0.3 is 0 Å². The predicted octanol–water partition coefficient (Wildman–Crippen LogP) is 1.36. The summed E-state index contributed by atoms with van der Waals surface area (Å²) in [7, 11) is -2.85. The SMILES string of the molecule is CCS(=O)(=O)CCCC(N)c1cncs1. The smallest absolute Gasteiger partial charge is 0.150 e. The molecule has 0 spiro atoms. The molecule has 6 heteroatoms. The van der Waals surface area contributed by atoms with E-state index < -0.39 is 9.84 Å². The van der Waals surface area contributed by atoms with Crippen LogP contribution in [0.5, 0.6) is 0 Å². The zero-order chi connectivity index (χ0) is 11.3. The minimum Gasteiger partial charge on any atom is -0.323 e. The first-order chi connectivity index (χ1) is 7.05. The fraction of sp³-hybridized carbons (Fsp3) is 0.667. The van der Waals surface area contributed by atoms with E-state index >= 15 is 0 Å². The Morgan fingerprint density at radius 1 is 1.60 bits per heavy atom. The van der Waals surface area contributed by atoms with E-state index in [1.165, 1.54) is 11.3 Å². The van der Waals surface area contributed by atoms with Crippen LogP contribution in [0.3, 0.4) is 0 Å². The second-order valence-electron chi connectivity index (χ2n) is 3.39. The topological polar surface area (TPSA) is 73.0 Å². The summed E-state index contributed by atoms with van der Waals surface area (Å²) in [6.07, 6.45) is 3.06. The molecule has 1 aromatic heterocycles. The molecule has 0 aliphatic heterocycles. The van der Waals surface area contributed by atoms with Crippen LogP contribution in [-0.2, 0) is 9.84 Å². The molecule has 15 heavy (non-hydrogen) atoms. The molecule has 4 nitrogen and oxygen atoms in total. The van der Waals surface area contributed by atoms with E-state index in [-0.39, 0.29) is 17.5 Å². The van der Waals surface area contributed by atoms with Crippen molar-refractivity contribution in [2.24, 2.45) is 5.73 Å². The fourth-order valence-corrected chi connectivity index (χ4v) is 2.77. The molecule has 0 bridgehead atoms. The summed E-state index contributed by atoms with van der Waals surface area (Å²) in [5.74, 6) is 0.443. The van der Waals surface area contributed by atoms with E-state index in [0.717, 1.165) is 4.88 Å². The van der Waals surface area contributed by atoms with Crippen molar-refractivity contribution < 1.29 is 8.42 Å². The van der Waals surface area contributed by atoms with Gasteiger partial charge in [0, 0.05) is 22.9 Å². The Labute approximate surface area is 94.4 Å². The highest BCUT2D eigenvalue weighted by Crippen LogP contribution is 2.19. The van der Waals surface area contributed by atoms with Crippen LogP contribution in [0.1, 0.15) is 30.7 Å². The highest BCUT2D eigenvalue weighted by atomic mass is 32.2. The average Bonchev–Trinajstić information content (AvgIpc) is 2.70. The van der Waals surface area contributed by atoms with Crippen molar-refractivity contribution in [3.05, 3.63) is 16.6 Å². The standard InChI is InChI=1S/C9H16N2O2S2/c1-2-15(12,13)5-3-4-8(10)9-6-11-7-14-9/h6-8H,2-5,10H2,1H3. The second-order valence-corrected chi connectivity index (χ2v) is 6.78. The number of sulfone groups is 1. The molecule has 2 N–H and O–H groups in total. The number of nitrogens with two attached hydrogens (primary N) is 1. The first kappa shape index (κ1) is 12.6. The van der Waals surface area contributed by atoms with Gasteiger partial charge in [-0.25, -0.2) is 8.42 Å². The summed E-state index contributed by atoms with van der Waals surface area (Å²) in [5.41, 5.74) is 7.62. The summed E-state index contributed by atoms with van der Waals surface area (Å²) in [6.45, 7) is 1.67. The summed E-state index contributed by atoms with van der Waals surface area (Å²) >= 11 is 1.51. The van der Waals surface area contributed by atoms with Gasteiger partial charge in [0.1, 0.15) is 9.84 Å². The van der Waals surface area contributed by atoms with Crippen molar-refractivity contribution in [2.45, 2.75) is 25.8 Å². The molecule has 0 saturated heterocycles. The van der Waals surface area contributed by atoms with Gasteiger partial charge in [-0.3, -0.25) is 4.98 Å². The molecule has 0 radical (unpaired) electrons. The first-order valence-corrected chi connectivity index (χ1v) is 7.59. The first-order valence-electron chi connectivity index (χ1n) is 4.89. The van der Waals surface area contributed by atoms with Gasteiger partial charge < -0.3 is 5.73 Å². The van der Waals surface area contributed by atoms with E-state index in [9.17, 15) is 8.42 Å². The van der Waals surface area contributed by atoms with Crippen LogP contribution in [0.25, 0.3) is 0 Å². The quantitative estimate of drug-likeness (QED) is 0.825. The molecule has 0 saturated carbocycles. The summed E-state index contributed by atoms with van der Waals surface area (Å²) in [5, 5.41) is 0. The molecule has 1 heterocycles. The zero-order valence-electron chi connectivity index (χ0n) is 8.72. The van der Waals surface area contributed by atoms with E-state index in [0.29, 0.717) is 12.8 Å². The van der Waals surface area contributed by atoms with Gasteiger partial charge in [0.25, 0.3) is 0 Å². The minimum atomic E-state index is -2.85. The summed E-state index contributed by atoms with van der Waals surface area (Å²) in [4.78, 5) is 4.95. The maximum Gasteiger partial charge on any atom is 0.150 e. The molecule has 0 amide bonds. The lowest BCUT2D eigenvalue weighted by Gasteiger charge is -2.08. The van der Waals surface area contributed by atoms with Crippen molar-refractivity contribution in [1.29, 1.82) is 0 Å². The maximum atomic E-state index is 11.2. The maximum absolute atomic E-state index is 11.2. The molecule has 0 fully saturated rings. The number of hydrogen-bond acceptors (Lipinski definition) is 5. The summed E-state index contributed by atoms with van der Waals surface area (Å²) < 4.78 is 22.4. The fourth-order valence-electron chi connectivity index (χ4n) is 1.22. The number of thiazole rings is 1. The van der Waals surface area contributed by atoms with Gasteiger partial charge in [0.05, 0.1) is 11.3 Å². The van der Waals surface area contributed by atoms with Crippen LogP contribution in [0.2, 0.25) is 0 Å². The molecular formula is C9H16N2O2S2. The Balaban J connectivity index is 2.33. The second kappa shape index (κ2) is 5.58. The van der Waals surface area contributed by atoms with Crippen LogP contribution in [0, 0.1) is 0 Å². The van der Waals surface area contributed by atoms with E-state index in [1.54, 1.807) is 18.6 Å². The third-order valence-electron chi connectivity index (χ3n) is 2.23. The monoisotopic (exact) mass is 248 g/mol. The molecule has 0 aromatic carbocycles. The van der Waals surface area contributed by atoms with E-state index in [2.05, 4.69) is 4.98 Å². The van der Waals surface area contributed by atoms with Crippen LogP contribution >= 0.6 is 11.3 Å². The van der Waals surface area contributed by atoms with Gasteiger partial charge in [0.15, 0.2) is 0 Å². The molecule has 0 aliphatic carbocycles. The van der Waals surface area contributed by atoms with Crippen molar-refractivity contribution in [3.8, 4) is 0 Å². The van der Waals surface area contributed by atoms with Gasteiger partial charge in [-0.2, -0.15) is 0 Å². The van der Waals surface area contributed by atoms with Gasteiger partial charge in [0.2, 0.25) is 0 Å². The third kappa shape index (κ3) is 4.27. The predicted molar refractivity (Wildman–Crippen MR) is 62.6 cm³/mol. The van der Waals surface area contributed by atoms with Crippen molar-refractivity contribution in [2.75, 3.05) is 11.5 Å². The molecular weight excluding hydrogens is 232 g/mol. The normalized spacial score (nSPS) is 14.0. The van der Waals surface area contributed by atoms with Gasteiger partial charge in [-0.15, -0.1) is 11.3 Å². The lowest BCUT2D eigenvalue weighted by molar-refractivity contribution is 0.585. The molecule has 1 unspecified atom stereocenters.